The second-order valence-electron chi connectivity index (χ2n) is 4.12. The molecule has 19 heavy (non-hydrogen) atoms. The topological polar surface area (TPSA) is 70.9 Å². The van der Waals surface area contributed by atoms with E-state index in [1.54, 1.807) is 24.5 Å². The standard InChI is InChI=1S/C14H12N4O/c19-12-3-1-11(18-9-12)8-17-10-2-4-13-14(7-10)16-6-5-15-13/h1-7,9,17,19H,8H2. The monoisotopic (exact) mass is 252 g/mol. The summed E-state index contributed by atoms with van der Waals surface area (Å²) >= 11 is 0. The Kier molecular flexibility index (Phi) is 2.94. The van der Waals surface area contributed by atoms with Gasteiger partial charge in [0.15, 0.2) is 0 Å². The fraction of sp³-hybridized carbons (Fsp3) is 0.0714. The lowest BCUT2D eigenvalue weighted by Gasteiger charge is -2.06. The van der Waals surface area contributed by atoms with Crippen molar-refractivity contribution in [2.24, 2.45) is 0 Å². The van der Waals surface area contributed by atoms with Crippen LogP contribution in [0.1, 0.15) is 5.69 Å². The Balaban J connectivity index is 1.76. The van der Waals surface area contributed by atoms with Gasteiger partial charge in [-0.3, -0.25) is 15.0 Å². The SMILES string of the molecule is Oc1ccc(CNc2ccc3nccnc3c2)nc1. The first-order chi connectivity index (χ1) is 9.31. The van der Waals surface area contributed by atoms with Gasteiger partial charge in [-0.2, -0.15) is 0 Å². The highest BCUT2D eigenvalue weighted by Crippen LogP contribution is 2.16. The molecule has 5 nitrogen and oxygen atoms in total. The summed E-state index contributed by atoms with van der Waals surface area (Å²) in [6.07, 6.45) is 4.78. The number of hydrogen-bond acceptors (Lipinski definition) is 5. The van der Waals surface area contributed by atoms with Crippen LogP contribution in [0.25, 0.3) is 11.0 Å². The third-order valence-corrected chi connectivity index (χ3v) is 2.75. The van der Waals surface area contributed by atoms with Gasteiger partial charge < -0.3 is 10.4 Å². The van der Waals surface area contributed by atoms with E-state index in [2.05, 4.69) is 20.3 Å². The van der Waals surface area contributed by atoms with Crippen molar-refractivity contribution in [2.75, 3.05) is 5.32 Å². The lowest BCUT2D eigenvalue weighted by molar-refractivity contribution is 0.472. The molecule has 3 aromatic rings. The average Bonchev–Trinajstić information content (AvgIpc) is 2.46. The number of benzene rings is 1. The molecule has 0 radical (unpaired) electrons. The van der Waals surface area contributed by atoms with Gasteiger partial charge in [-0.25, -0.2) is 0 Å². The molecule has 5 heteroatoms. The molecule has 0 saturated heterocycles. The maximum absolute atomic E-state index is 9.16. The minimum Gasteiger partial charge on any atom is -0.506 e. The normalized spacial score (nSPS) is 10.5. The van der Waals surface area contributed by atoms with Crippen LogP contribution in [-0.2, 0) is 6.54 Å². The Hall–Kier alpha value is -2.69. The highest BCUT2D eigenvalue weighted by molar-refractivity contribution is 5.78. The number of fused-ring (bicyclic) bond motifs is 1. The van der Waals surface area contributed by atoms with Crippen molar-refractivity contribution in [3.05, 3.63) is 54.6 Å². The molecule has 0 unspecified atom stereocenters. The van der Waals surface area contributed by atoms with E-state index >= 15 is 0 Å². The van der Waals surface area contributed by atoms with Crippen LogP contribution in [0, 0.1) is 0 Å². The highest BCUT2D eigenvalue weighted by atomic mass is 16.3. The van der Waals surface area contributed by atoms with Crippen molar-refractivity contribution < 1.29 is 5.11 Å². The molecule has 2 aromatic heterocycles. The summed E-state index contributed by atoms with van der Waals surface area (Å²) in [6.45, 7) is 0.589. The maximum Gasteiger partial charge on any atom is 0.133 e. The zero-order valence-electron chi connectivity index (χ0n) is 10.1. The highest BCUT2D eigenvalue weighted by Gasteiger charge is 1.99. The largest absolute Gasteiger partial charge is 0.506 e. The summed E-state index contributed by atoms with van der Waals surface area (Å²) in [7, 11) is 0. The Morgan fingerprint density at radius 1 is 0.947 bits per heavy atom. The first-order valence-corrected chi connectivity index (χ1v) is 5.90. The van der Waals surface area contributed by atoms with Crippen LogP contribution in [0.5, 0.6) is 5.75 Å². The predicted molar refractivity (Wildman–Crippen MR) is 72.8 cm³/mol. The van der Waals surface area contributed by atoms with Crippen LogP contribution in [0.4, 0.5) is 5.69 Å². The number of aromatic nitrogens is 3. The average molecular weight is 252 g/mol. The number of pyridine rings is 1. The van der Waals surface area contributed by atoms with Gasteiger partial charge in [0.2, 0.25) is 0 Å². The lowest BCUT2D eigenvalue weighted by Crippen LogP contribution is -2.01. The Morgan fingerprint density at radius 3 is 2.58 bits per heavy atom. The van der Waals surface area contributed by atoms with Gasteiger partial charge in [0.1, 0.15) is 5.75 Å². The molecule has 0 fully saturated rings. The van der Waals surface area contributed by atoms with Crippen LogP contribution >= 0.6 is 0 Å². The van der Waals surface area contributed by atoms with Crippen LogP contribution in [0.15, 0.2) is 48.9 Å². The fourth-order valence-corrected chi connectivity index (χ4v) is 1.79. The smallest absolute Gasteiger partial charge is 0.133 e. The van der Waals surface area contributed by atoms with E-state index in [9.17, 15) is 0 Å². The number of aromatic hydroxyl groups is 1. The van der Waals surface area contributed by atoms with Crippen LogP contribution in [-0.4, -0.2) is 20.1 Å². The van der Waals surface area contributed by atoms with Crippen molar-refractivity contribution in [1.82, 2.24) is 15.0 Å². The third-order valence-electron chi connectivity index (χ3n) is 2.75. The van der Waals surface area contributed by atoms with E-state index in [0.29, 0.717) is 6.54 Å². The lowest BCUT2D eigenvalue weighted by atomic mass is 10.2. The molecule has 1 aromatic carbocycles. The van der Waals surface area contributed by atoms with Crippen molar-refractivity contribution in [1.29, 1.82) is 0 Å². The van der Waals surface area contributed by atoms with Gasteiger partial charge in [0, 0.05) is 18.1 Å². The minimum absolute atomic E-state index is 0.171. The van der Waals surface area contributed by atoms with Gasteiger partial charge in [-0.1, -0.05) is 0 Å². The Bertz CT molecular complexity index is 697. The molecule has 0 atom stereocenters. The molecular weight excluding hydrogens is 240 g/mol. The number of anilines is 1. The third kappa shape index (κ3) is 2.60. The predicted octanol–water partition coefficient (Wildman–Crippen LogP) is 2.34. The van der Waals surface area contributed by atoms with Crippen LogP contribution in [0.2, 0.25) is 0 Å². The molecule has 2 N–H and O–H groups in total. The molecule has 0 amide bonds. The van der Waals surface area contributed by atoms with Gasteiger partial charge in [-0.05, 0) is 30.3 Å². The van der Waals surface area contributed by atoms with E-state index in [1.165, 1.54) is 6.20 Å². The maximum atomic E-state index is 9.16. The summed E-state index contributed by atoms with van der Waals surface area (Å²) < 4.78 is 0. The summed E-state index contributed by atoms with van der Waals surface area (Å²) in [6, 6.07) is 9.23. The summed E-state index contributed by atoms with van der Waals surface area (Å²) in [5.41, 5.74) is 3.54. The summed E-state index contributed by atoms with van der Waals surface area (Å²) in [4.78, 5) is 12.6. The molecule has 0 aliphatic heterocycles. The van der Waals surface area contributed by atoms with E-state index < -0.39 is 0 Å². The second kappa shape index (κ2) is 4.89. The van der Waals surface area contributed by atoms with Gasteiger partial charge in [-0.15, -0.1) is 0 Å². The molecular formula is C14H12N4O. The molecule has 0 aliphatic carbocycles. The van der Waals surface area contributed by atoms with Crippen molar-refractivity contribution in [2.45, 2.75) is 6.54 Å². The number of nitrogens with one attached hydrogen (secondary N) is 1. The van der Waals surface area contributed by atoms with E-state index in [4.69, 9.17) is 5.11 Å². The zero-order valence-corrected chi connectivity index (χ0v) is 10.1. The van der Waals surface area contributed by atoms with E-state index in [1.807, 2.05) is 18.2 Å². The van der Waals surface area contributed by atoms with E-state index in [-0.39, 0.29) is 5.75 Å². The van der Waals surface area contributed by atoms with Crippen molar-refractivity contribution in [3.63, 3.8) is 0 Å². The van der Waals surface area contributed by atoms with Gasteiger partial charge >= 0.3 is 0 Å². The quantitative estimate of drug-likeness (QED) is 0.748. The van der Waals surface area contributed by atoms with Crippen molar-refractivity contribution in [3.8, 4) is 5.75 Å². The first-order valence-electron chi connectivity index (χ1n) is 5.90. The second-order valence-corrected chi connectivity index (χ2v) is 4.12. The van der Waals surface area contributed by atoms with Crippen LogP contribution < -0.4 is 5.32 Å². The van der Waals surface area contributed by atoms with Gasteiger partial charge in [0.05, 0.1) is 29.5 Å². The Morgan fingerprint density at radius 2 is 1.79 bits per heavy atom. The van der Waals surface area contributed by atoms with Crippen LogP contribution in [0.3, 0.4) is 0 Å². The number of rotatable bonds is 3. The first kappa shape index (κ1) is 11.4. The fourth-order valence-electron chi connectivity index (χ4n) is 1.79. The summed E-state index contributed by atoms with van der Waals surface area (Å²) in [5, 5.41) is 12.4. The zero-order chi connectivity index (χ0) is 13.1. The van der Waals surface area contributed by atoms with E-state index in [0.717, 1.165) is 22.4 Å². The molecule has 0 spiro atoms. The number of nitrogens with zero attached hydrogens (tertiary/aromatic N) is 3. The molecule has 94 valence electrons. The molecule has 0 aliphatic rings. The molecule has 3 rings (SSSR count). The molecule has 0 saturated carbocycles. The minimum atomic E-state index is 0.171. The summed E-state index contributed by atoms with van der Waals surface area (Å²) in [5.74, 6) is 0.171. The Labute approximate surface area is 110 Å². The molecule has 2 heterocycles. The molecule has 0 bridgehead atoms. The van der Waals surface area contributed by atoms with Gasteiger partial charge in [0.25, 0.3) is 0 Å². The number of hydrogen-bond donors (Lipinski definition) is 2. The van der Waals surface area contributed by atoms with Crippen molar-refractivity contribution >= 4 is 16.7 Å².